The van der Waals surface area contributed by atoms with E-state index in [4.69, 9.17) is 15.0 Å². The number of ether oxygens (including phenoxy) is 1. The van der Waals surface area contributed by atoms with E-state index in [1.54, 1.807) is 23.2 Å². The summed E-state index contributed by atoms with van der Waals surface area (Å²) in [5.41, 5.74) is 7.22. The van der Waals surface area contributed by atoms with Crippen molar-refractivity contribution in [2.24, 2.45) is 0 Å². The van der Waals surface area contributed by atoms with Crippen molar-refractivity contribution in [3.63, 3.8) is 0 Å². The molecule has 0 aliphatic rings. The summed E-state index contributed by atoms with van der Waals surface area (Å²) in [6, 6.07) is 13.2. The molecule has 0 aliphatic carbocycles. The smallest absolute Gasteiger partial charge is 0.280 e. The molecule has 0 unspecified atom stereocenters. The zero-order valence-corrected chi connectivity index (χ0v) is 15.9. The summed E-state index contributed by atoms with van der Waals surface area (Å²) in [4.78, 5) is 23.2. The molecule has 146 valence electrons. The second-order valence-corrected chi connectivity index (χ2v) is 5.92. The predicted octanol–water partition coefficient (Wildman–Crippen LogP) is 2.73. The Morgan fingerprint density at radius 3 is 2.62 bits per heavy atom. The lowest BCUT2D eigenvalue weighted by Crippen LogP contribution is -2.15. The van der Waals surface area contributed by atoms with E-state index in [1.807, 2.05) is 44.3 Å². The molecule has 0 spiro atoms. The Morgan fingerprint density at radius 2 is 1.83 bits per heavy atom. The third kappa shape index (κ3) is 3.81. The van der Waals surface area contributed by atoms with E-state index in [1.165, 1.54) is 0 Å². The topological polar surface area (TPSA) is 129 Å². The van der Waals surface area contributed by atoms with E-state index >= 15 is 0 Å². The van der Waals surface area contributed by atoms with Gasteiger partial charge in [0, 0.05) is 18.9 Å². The number of para-hydroxylation sites is 1. The molecule has 4 aromatic rings. The Hall–Kier alpha value is -4.08. The maximum absolute atomic E-state index is 5.89. The molecule has 4 rings (SSSR count). The number of hydrogen-bond donors (Lipinski definition) is 1. The van der Waals surface area contributed by atoms with Crippen LogP contribution in [0.3, 0.4) is 0 Å². The molecule has 0 atom stereocenters. The van der Waals surface area contributed by atoms with Crippen LogP contribution in [0.1, 0.15) is 6.92 Å². The maximum Gasteiger partial charge on any atom is 0.280 e. The fraction of sp³-hybridized carbons (Fsp3) is 0.158. The van der Waals surface area contributed by atoms with Gasteiger partial charge in [-0.25, -0.2) is 4.98 Å². The van der Waals surface area contributed by atoms with Crippen LogP contribution in [0.25, 0.3) is 23.2 Å². The van der Waals surface area contributed by atoms with E-state index in [2.05, 4.69) is 30.1 Å². The molecule has 0 fully saturated rings. The normalized spacial score (nSPS) is 10.7. The SMILES string of the molecule is CCOc1cccnc1-c1nc(-c2nc(N)nc(N(C)c3ccccc3)n2)no1. The summed E-state index contributed by atoms with van der Waals surface area (Å²) in [5.74, 6) is 1.51. The number of benzene rings is 1. The minimum Gasteiger partial charge on any atom is -0.491 e. The van der Waals surface area contributed by atoms with Crippen LogP contribution < -0.4 is 15.4 Å². The number of aromatic nitrogens is 6. The summed E-state index contributed by atoms with van der Waals surface area (Å²) < 4.78 is 10.9. The molecule has 3 aromatic heterocycles. The van der Waals surface area contributed by atoms with E-state index < -0.39 is 0 Å². The second kappa shape index (κ2) is 7.89. The molecule has 29 heavy (non-hydrogen) atoms. The van der Waals surface area contributed by atoms with Gasteiger partial charge in [-0.1, -0.05) is 23.4 Å². The number of nitrogens with two attached hydrogens (primary N) is 1. The lowest BCUT2D eigenvalue weighted by atomic mass is 10.3. The van der Waals surface area contributed by atoms with Crippen molar-refractivity contribution in [3.05, 3.63) is 48.7 Å². The first-order valence-electron chi connectivity index (χ1n) is 8.88. The largest absolute Gasteiger partial charge is 0.491 e. The predicted molar refractivity (Wildman–Crippen MR) is 106 cm³/mol. The molecule has 10 heteroatoms. The third-order valence-electron chi connectivity index (χ3n) is 3.98. The van der Waals surface area contributed by atoms with Crippen LogP contribution in [0.4, 0.5) is 17.6 Å². The van der Waals surface area contributed by atoms with Gasteiger partial charge in [-0.15, -0.1) is 0 Å². The van der Waals surface area contributed by atoms with Gasteiger partial charge in [-0.05, 0) is 31.2 Å². The van der Waals surface area contributed by atoms with Crippen LogP contribution >= 0.6 is 0 Å². The number of nitrogens with zero attached hydrogens (tertiary/aromatic N) is 7. The van der Waals surface area contributed by atoms with Crippen LogP contribution in [0.5, 0.6) is 5.75 Å². The maximum atomic E-state index is 5.89. The van der Waals surface area contributed by atoms with Gasteiger partial charge < -0.3 is 19.9 Å². The molecule has 0 saturated carbocycles. The number of pyridine rings is 1. The molecule has 0 radical (unpaired) electrons. The van der Waals surface area contributed by atoms with E-state index in [0.717, 1.165) is 5.69 Å². The van der Waals surface area contributed by atoms with Crippen molar-refractivity contribution >= 4 is 17.6 Å². The number of nitrogen functional groups attached to an aromatic ring is 1. The molecule has 1 aromatic carbocycles. The first-order valence-corrected chi connectivity index (χ1v) is 8.88. The molecular formula is C19H18N8O2. The highest BCUT2D eigenvalue weighted by Crippen LogP contribution is 2.28. The fourth-order valence-corrected chi connectivity index (χ4v) is 2.63. The molecule has 3 heterocycles. The number of anilines is 3. The first-order chi connectivity index (χ1) is 14.2. The summed E-state index contributed by atoms with van der Waals surface area (Å²) in [7, 11) is 1.83. The minimum absolute atomic E-state index is 0.0481. The highest BCUT2D eigenvalue weighted by molar-refractivity contribution is 5.61. The van der Waals surface area contributed by atoms with Crippen LogP contribution in [0.2, 0.25) is 0 Å². The molecular weight excluding hydrogens is 372 g/mol. The van der Waals surface area contributed by atoms with E-state index in [0.29, 0.717) is 24.0 Å². The highest BCUT2D eigenvalue weighted by atomic mass is 16.5. The van der Waals surface area contributed by atoms with Crippen LogP contribution in [-0.2, 0) is 0 Å². The van der Waals surface area contributed by atoms with Gasteiger partial charge in [0.2, 0.25) is 23.5 Å². The summed E-state index contributed by atoms with van der Waals surface area (Å²) in [6.07, 6.45) is 1.62. The van der Waals surface area contributed by atoms with Gasteiger partial charge in [-0.2, -0.15) is 19.9 Å². The summed E-state index contributed by atoms with van der Waals surface area (Å²) in [5, 5.41) is 3.97. The van der Waals surface area contributed by atoms with E-state index in [9.17, 15) is 0 Å². The number of hydrogen-bond acceptors (Lipinski definition) is 10. The zero-order chi connectivity index (χ0) is 20.2. The lowest BCUT2D eigenvalue weighted by molar-refractivity contribution is 0.337. The first kappa shape index (κ1) is 18.3. The van der Waals surface area contributed by atoms with Crippen molar-refractivity contribution in [2.75, 3.05) is 24.3 Å². The fourth-order valence-electron chi connectivity index (χ4n) is 2.63. The minimum atomic E-state index is 0.0481. The average Bonchev–Trinajstić information content (AvgIpc) is 3.24. The molecule has 0 bridgehead atoms. The van der Waals surface area contributed by atoms with Crippen molar-refractivity contribution < 1.29 is 9.26 Å². The second-order valence-electron chi connectivity index (χ2n) is 5.92. The lowest BCUT2D eigenvalue weighted by Gasteiger charge is -2.17. The standard InChI is InChI=1S/C19H18N8O2/c1-3-28-13-10-7-11-21-14(13)17-22-16(26-29-17)15-23-18(20)25-19(24-15)27(2)12-8-5-4-6-9-12/h4-11H,3H2,1-2H3,(H2,20,23,24,25). The molecule has 2 N–H and O–H groups in total. The molecule has 10 nitrogen and oxygen atoms in total. The van der Waals surface area contributed by atoms with E-state index in [-0.39, 0.29) is 23.5 Å². The Balaban J connectivity index is 1.69. The zero-order valence-electron chi connectivity index (χ0n) is 15.9. The summed E-state index contributed by atoms with van der Waals surface area (Å²) in [6.45, 7) is 2.37. The molecule has 0 saturated heterocycles. The van der Waals surface area contributed by atoms with Gasteiger partial charge in [0.25, 0.3) is 5.89 Å². The van der Waals surface area contributed by atoms with Gasteiger partial charge >= 0.3 is 0 Å². The van der Waals surface area contributed by atoms with Gasteiger partial charge in [-0.3, -0.25) is 0 Å². The monoisotopic (exact) mass is 390 g/mol. The average molecular weight is 390 g/mol. The van der Waals surface area contributed by atoms with Crippen molar-refractivity contribution in [1.29, 1.82) is 0 Å². The van der Waals surface area contributed by atoms with Crippen molar-refractivity contribution in [2.45, 2.75) is 6.92 Å². The number of rotatable bonds is 6. The summed E-state index contributed by atoms with van der Waals surface area (Å²) >= 11 is 0. The molecule has 0 amide bonds. The van der Waals surface area contributed by atoms with Crippen molar-refractivity contribution in [1.82, 2.24) is 30.1 Å². The van der Waals surface area contributed by atoms with Gasteiger partial charge in [0.05, 0.1) is 6.61 Å². The van der Waals surface area contributed by atoms with Gasteiger partial charge in [0.1, 0.15) is 0 Å². The Bertz CT molecular complexity index is 1120. The van der Waals surface area contributed by atoms with Crippen LogP contribution in [-0.4, -0.2) is 43.7 Å². The van der Waals surface area contributed by atoms with Gasteiger partial charge in [0.15, 0.2) is 11.4 Å². The van der Waals surface area contributed by atoms with Crippen LogP contribution in [0.15, 0.2) is 53.2 Å². The third-order valence-corrected chi connectivity index (χ3v) is 3.98. The Labute approximate surface area is 166 Å². The Kier molecular flexibility index (Phi) is 4.97. The van der Waals surface area contributed by atoms with Crippen molar-refractivity contribution in [3.8, 4) is 29.0 Å². The highest BCUT2D eigenvalue weighted by Gasteiger charge is 2.19. The Morgan fingerprint density at radius 1 is 1.00 bits per heavy atom. The van der Waals surface area contributed by atoms with Crippen LogP contribution in [0, 0.1) is 0 Å². The quantitative estimate of drug-likeness (QED) is 0.524. The molecule has 0 aliphatic heterocycles.